The van der Waals surface area contributed by atoms with Gasteiger partial charge in [-0.05, 0) is 41.5 Å². The maximum absolute atomic E-state index is 12.0. The number of hydrogen-bond acceptors (Lipinski definition) is 2. The molecule has 4 nitrogen and oxygen atoms in total. The minimum Gasteiger partial charge on any atom is -0.342 e. The zero-order chi connectivity index (χ0) is 17.5. The van der Waals surface area contributed by atoms with Crippen LogP contribution >= 0.6 is 11.6 Å². The third kappa shape index (κ3) is 5.56. The lowest BCUT2D eigenvalue weighted by atomic mass is 10.2. The number of hydrogen-bond donors (Lipinski definition) is 1. The molecule has 0 spiro atoms. The molecule has 0 heterocycles. The van der Waals surface area contributed by atoms with Crippen molar-refractivity contribution in [3.05, 3.63) is 70.8 Å². The summed E-state index contributed by atoms with van der Waals surface area (Å²) in [5, 5.41) is 3.43. The van der Waals surface area contributed by atoms with E-state index in [1.54, 1.807) is 30.2 Å². The largest absolute Gasteiger partial charge is 0.342 e. The molecule has 2 amide bonds. The number of carbonyl (C=O) groups is 2. The van der Waals surface area contributed by atoms with Crippen LogP contribution < -0.4 is 5.32 Å². The molecule has 0 saturated heterocycles. The van der Waals surface area contributed by atoms with Gasteiger partial charge >= 0.3 is 0 Å². The van der Waals surface area contributed by atoms with Crippen LogP contribution in [0.25, 0.3) is 6.08 Å². The Bertz CT molecular complexity index is 771. The van der Waals surface area contributed by atoms with Crippen molar-refractivity contribution in [2.75, 3.05) is 12.4 Å². The molecule has 0 fully saturated rings. The monoisotopic (exact) mass is 342 g/mol. The summed E-state index contributed by atoms with van der Waals surface area (Å²) in [6, 6.07) is 14.7. The van der Waals surface area contributed by atoms with E-state index in [0.29, 0.717) is 17.3 Å². The number of carbonyl (C=O) groups excluding carboxylic acids is 2. The van der Waals surface area contributed by atoms with E-state index >= 15 is 0 Å². The van der Waals surface area contributed by atoms with Crippen molar-refractivity contribution < 1.29 is 9.59 Å². The summed E-state index contributed by atoms with van der Waals surface area (Å²) in [4.78, 5) is 24.9. The fourth-order valence-corrected chi connectivity index (χ4v) is 2.30. The van der Waals surface area contributed by atoms with E-state index in [1.807, 2.05) is 36.4 Å². The van der Waals surface area contributed by atoms with E-state index in [1.165, 1.54) is 13.0 Å². The molecule has 2 rings (SSSR count). The summed E-state index contributed by atoms with van der Waals surface area (Å²) in [7, 11) is 1.74. The molecule has 24 heavy (non-hydrogen) atoms. The molecule has 0 aliphatic heterocycles. The van der Waals surface area contributed by atoms with Crippen LogP contribution in [0.15, 0.2) is 54.6 Å². The van der Waals surface area contributed by atoms with Gasteiger partial charge in [0.15, 0.2) is 0 Å². The Morgan fingerprint density at radius 1 is 1.17 bits per heavy atom. The topological polar surface area (TPSA) is 49.4 Å². The zero-order valence-electron chi connectivity index (χ0n) is 13.6. The van der Waals surface area contributed by atoms with Crippen LogP contribution in [-0.2, 0) is 16.1 Å². The number of nitrogens with one attached hydrogen (secondary N) is 1. The maximum atomic E-state index is 12.0. The van der Waals surface area contributed by atoms with Crippen LogP contribution in [0.3, 0.4) is 0 Å². The first-order valence-corrected chi connectivity index (χ1v) is 7.87. The highest BCUT2D eigenvalue weighted by atomic mass is 35.5. The third-order valence-electron chi connectivity index (χ3n) is 3.43. The van der Waals surface area contributed by atoms with Gasteiger partial charge in [-0.3, -0.25) is 9.59 Å². The Labute approximate surface area is 146 Å². The standard InChI is InChI=1S/C19H19ClN2O2/c1-14(23)22(2)13-16-6-4-8-18(12-16)21-19(24)10-9-15-5-3-7-17(20)11-15/h3-12H,13H2,1-2H3,(H,21,24)/b10-9+. The van der Waals surface area contributed by atoms with Gasteiger partial charge in [0.05, 0.1) is 0 Å². The Hall–Kier alpha value is -2.59. The van der Waals surface area contributed by atoms with E-state index in [0.717, 1.165) is 11.1 Å². The fourth-order valence-electron chi connectivity index (χ4n) is 2.10. The highest BCUT2D eigenvalue weighted by Gasteiger charge is 2.05. The Morgan fingerprint density at radius 2 is 1.92 bits per heavy atom. The van der Waals surface area contributed by atoms with Gasteiger partial charge in [-0.15, -0.1) is 0 Å². The van der Waals surface area contributed by atoms with Crippen LogP contribution in [0.2, 0.25) is 5.02 Å². The SMILES string of the molecule is CC(=O)N(C)Cc1cccc(NC(=O)/C=C/c2cccc(Cl)c2)c1. The molecule has 0 radical (unpaired) electrons. The van der Waals surface area contributed by atoms with E-state index in [4.69, 9.17) is 11.6 Å². The number of benzene rings is 2. The molecule has 0 aromatic heterocycles. The lowest BCUT2D eigenvalue weighted by Gasteiger charge is -2.15. The predicted octanol–water partition coefficient (Wildman–Crippen LogP) is 3.97. The van der Waals surface area contributed by atoms with Gasteiger partial charge in [-0.2, -0.15) is 0 Å². The Morgan fingerprint density at radius 3 is 2.62 bits per heavy atom. The maximum Gasteiger partial charge on any atom is 0.248 e. The molecule has 0 aliphatic carbocycles. The quantitative estimate of drug-likeness (QED) is 0.836. The first-order chi connectivity index (χ1) is 11.4. The summed E-state index contributed by atoms with van der Waals surface area (Å²) < 4.78 is 0. The average Bonchev–Trinajstić information content (AvgIpc) is 2.53. The number of nitrogens with zero attached hydrogens (tertiary/aromatic N) is 1. The fraction of sp³-hybridized carbons (Fsp3) is 0.158. The van der Waals surface area contributed by atoms with Gasteiger partial charge in [-0.25, -0.2) is 0 Å². The summed E-state index contributed by atoms with van der Waals surface area (Å²) in [6.07, 6.45) is 3.16. The van der Waals surface area contributed by atoms with Crippen molar-refractivity contribution >= 4 is 35.2 Å². The Balaban J connectivity index is 2.00. The first kappa shape index (κ1) is 17.8. The molecule has 0 unspecified atom stereocenters. The summed E-state index contributed by atoms with van der Waals surface area (Å²) >= 11 is 5.91. The van der Waals surface area contributed by atoms with Crippen LogP contribution in [0.4, 0.5) is 5.69 Å². The van der Waals surface area contributed by atoms with E-state index in [2.05, 4.69) is 5.32 Å². The van der Waals surface area contributed by atoms with Gasteiger partial charge in [0, 0.05) is 37.3 Å². The minimum absolute atomic E-state index is 0.00565. The van der Waals surface area contributed by atoms with E-state index < -0.39 is 0 Å². The highest BCUT2D eigenvalue weighted by molar-refractivity contribution is 6.30. The van der Waals surface area contributed by atoms with Gasteiger partial charge in [0.25, 0.3) is 0 Å². The van der Waals surface area contributed by atoms with Crippen molar-refractivity contribution in [3.63, 3.8) is 0 Å². The van der Waals surface area contributed by atoms with Crippen LogP contribution in [0.1, 0.15) is 18.1 Å². The smallest absolute Gasteiger partial charge is 0.248 e. The van der Waals surface area contributed by atoms with Crippen LogP contribution in [0, 0.1) is 0 Å². The number of halogens is 1. The molecule has 5 heteroatoms. The van der Waals surface area contributed by atoms with Gasteiger partial charge in [-0.1, -0.05) is 35.9 Å². The number of anilines is 1. The molecule has 124 valence electrons. The lowest BCUT2D eigenvalue weighted by Crippen LogP contribution is -2.23. The van der Waals surface area contributed by atoms with Crippen LogP contribution in [0.5, 0.6) is 0 Å². The van der Waals surface area contributed by atoms with E-state index in [-0.39, 0.29) is 11.8 Å². The number of rotatable bonds is 5. The zero-order valence-corrected chi connectivity index (χ0v) is 14.4. The second-order valence-electron chi connectivity index (χ2n) is 5.45. The first-order valence-electron chi connectivity index (χ1n) is 7.49. The molecular formula is C19H19ClN2O2. The predicted molar refractivity (Wildman–Crippen MR) is 97.7 cm³/mol. The van der Waals surface area contributed by atoms with E-state index in [9.17, 15) is 9.59 Å². The van der Waals surface area contributed by atoms with Crippen molar-refractivity contribution in [3.8, 4) is 0 Å². The summed E-state index contributed by atoms with van der Waals surface area (Å²) in [5.41, 5.74) is 2.49. The van der Waals surface area contributed by atoms with Crippen LogP contribution in [-0.4, -0.2) is 23.8 Å². The van der Waals surface area contributed by atoms with Crippen molar-refractivity contribution in [2.45, 2.75) is 13.5 Å². The van der Waals surface area contributed by atoms with Gasteiger partial charge in [0.2, 0.25) is 11.8 Å². The summed E-state index contributed by atoms with van der Waals surface area (Å²) in [6.45, 7) is 2.02. The average molecular weight is 343 g/mol. The second-order valence-corrected chi connectivity index (χ2v) is 5.89. The second kappa shape index (κ2) is 8.31. The number of amides is 2. The van der Waals surface area contributed by atoms with Gasteiger partial charge in [0.1, 0.15) is 0 Å². The highest BCUT2D eigenvalue weighted by Crippen LogP contribution is 2.14. The van der Waals surface area contributed by atoms with Crippen molar-refractivity contribution in [1.82, 2.24) is 4.90 Å². The molecular weight excluding hydrogens is 324 g/mol. The van der Waals surface area contributed by atoms with Crippen molar-refractivity contribution in [1.29, 1.82) is 0 Å². The Kier molecular flexibility index (Phi) is 6.15. The third-order valence-corrected chi connectivity index (χ3v) is 3.66. The molecule has 1 N–H and O–H groups in total. The molecule has 2 aromatic carbocycles. The molecule has 0 saturated carbocycles. The molecule has 2 aromatic rings. The van der Waals surface area contributed by atoms with Crippen molar-refractivity contribution in [2.24, 2.45) is 0 Å². The van der Waals surface area contributed by atoms with Gasteiger partial charge < -0.3 is 10.2 Å². The lowest BCUT2D eigenvalue weighted by molar-refractivity contribution is -0.128. The molecule has 0 atom stereocenters. The minimum atomic E-state index is -0.230. The molecule has 0 aliphatic rings. The summed E-state index contributed by atoms with van der Waals surface area (Å²) in [5.74, 6) is -0.235. The molecule has 0 bridgehead atoms. The normalized spacial score (nSPS) is 10.6.